The van der Waals surface area contributed by atoms with Crippen LogP contribution in [0.4, 0.5) is 9.18 Å². The van der Waals surface area contributed by atoms with E-state index in [9.17, 15) is 14.0 Å². The van der Waals surface area contributed by atoms with Crippen LogP contribution < -0.4 is 10.2 Å². The summed E-state index contributed by atoms with van der Waals surface area (Å²) in [7, 11) is 0. The van der Waals surface area contributed by atoms with Crippen molar-refractivity contribution in [2.45, 2.75) is 57.7 Å². The molecule has 2 aliphatic rings. The Morgan fingerprint density at radius 1 is 1.07 bits per heavy atom. The van der Waals surface area contributed by atoms with Gasteiger partial charge in [-0.3, -0.25) is 4.79 Å². The van der Waals surface area contributed by atoms with Crippen LogP contribution in [-0.4, -0.2) is 29.5 Å². The average molecular weight is 411 g/mol. The number of hydrogen-bond donors (Lipinski definition) is 2. The van der Waals surface area contributed by atoms with Crippen LogP contribution in [0.5, 0.6) is 0 Å². The third kappa shape index (κ3) is 4.10. The third-order valence-electron chi connectivity index (χ3n) is 6.21. The van der Waals surface area contributed by atoms with E-state index in [1.165, 1.54) is 22.6 Å². The predicted octanol–water partition coefficient (Wildman–Crippen LogP) is 2.75. The van der Waals surface area contributed by atoms with Crippen molar-refractivity contribution in [2.24, 2.45) is 0 Å². The van der Waals surface area contributed by atoms with Crippen LogP contribution in [0.15, 0.2) is 48.5 Å². The highest BCUT2D eigenvalue weighted by atomic mass is 19.1. The van der Waals surface area contributed by atoms with Gasteiger partial charge in [-0.2, -0.15) is 0 Å². The first kappa shape index (κ1) is 20.5. The molecule has 3 amide bonds. The number of halogens is 1. The molecule has 1 aliphatic carbocycles. The van der Waals surface area contributed by atoms with Crippen molar-refractivity contribution in [3.63, 3.8) is 0 Å². The summed E-state index contributed by atoms with van der Waals surface area (Å²) in [5.41, 5.74) is 1.98. The minimum absolute atomic E-state index is 0.215. The molecule has 2 aromatic carbocycles. The van der Waals surface area contributed by atoms with Crippen molar-refractivity contribution >= 4 is 11.9 Å². The molecule has 1 aliphatic heterocycles. The number of rotatable bonds is 8. The monoisotopic (exact) mass is 410 g/mol. The van der Waals surface area contributed by atoms with Crippen molar-refractivity contribution in [2.75, 3.05) is 6.67 Å². The maximum atomic E-state index is 13.3. The third-order valence-corrected chi connectivity index (χ3v) is 6.21. The number of benzene rings is 2. The Balaban J connectivity index is 1.50. The highest BCUT2D eigenvalue weighted by molar-refractivity contribution is 6.07. The number of carbonyl (C=O) groups is 2. The molecule has 30 heavy (non-hydrogen) atoms. The lowest BCUT2D eigenvalue weighted by atomic mass is 9.91. The average Bonchev–Trinajstić information content (AvgIpc) is 3.55. The summed E-state index contributed by atoms with van der Waals surface area (Å²) >= 11 is 0. The number of hydrogen-bond acceptors (Lipinski definition) is 2. The Hall–Kier alpha value is -2.73. The fraction of sp³-hybridized carbons (Fsp3) is 0.417. The highest BCUT2D eigenvalue weighted by Crippen LogP contribution is 2.29. The second-order valence-corrected chi connectivity index (χ2v) is 8.63. The van der Waals surface area contributed by atoms with Crippen molar-refractivity contribution in [3.8, 4) is 0 Å². The van der Waals surface area contributed by atoms with Gasteiger partial charge in [0.25, 0.3) is 5.91 Å². The molecule has 0 aromatic heterocycles. The van der Waals surface area contributed by atoms with Gasteiger partial charge in [-0.1, -0.05) is 49.7 Å². The molecular formula is C24H29FN3O2+. The van der Waals surface area contributed by atoms with Crippen LogP contribution in [0.25, 0.3) is 0 Å². The Morgan fingerprint density at radius 2 is 1.70 bits per heavy atom. The minimum Gasteiger partial charge on any atom is -0.319 e. The quantitative estimate of drug-likeness (QED) is 0.658. The van der Waals surface area contributed by atoms with Crippen molar-refractivity contribution in [1.82, 2.24) is 10.2 Å². The van der Waals surface area contributed by atoms with Gasteiger partial charge in [0, 0.05) is 18.4 Å². The zero-order valence-corrected chi connectivity index (χ0v) is 17.6. The predicted molar refractivity (Wildman–Crippen MR) is 112 cm³/mol. The van der Waals surface area contributed by atoms with E-state index in [-0.39, 0.29) is 17.8 Å². The molecule has 6 heteroatoms. The van der Waals surface area contributed by atoms with E-state index in [0.717, 1.165) is 41.7 Å². The summed E-state index contributed by atoms with van der Waals surface area (Å²) in [4.78, 5) is 28.6. The van der Waals surface area contributed by atoms with Gasteiger partial charge in [0.05, 0.1) is 6.04 Å². The summed E-state index contributed by atoms with van der Waals surface area (Å²) in [6.07, 6.45) is 4.22. The van der Waals surface area contributed by atoms with Gasteiger partial charge in [-0.15, -0.1) is 0 Å². The molecule has 2 atom stereocenters. The first-order chi connectivity index (χ1) is 14.4. The lowest BCUT2D eigenvalue weighted by Gasteiger charge is -2.25. The number of urea groups is 1. The molecule has 5 nitrogen and oxygen atoms in total. The van der Waals surface area contributed by atoms with Crippen LogP contribution in [0.2, 0.25) is 0 Å². The lowest BCUT2D eigenvalue weighted by molar-refractivity contribution is -0.931. The van der Waals surface area contributed by atoms with E-state index >= 15 is 0 Å². The first-order valence-electron chi connectivity index (χ1n) is 10.7. The van der Waals surface area contributed by atoms with E-state index in [4.69, 9.17) is 0 Å². The standard InChI is InChI=1S/C24H28FN3O2/c1-3-4-17-5-9-19(10-6-17)24(2)22(29)28(23(30)26-24)16-27(21-13-14-21)15-18-7-11-20(25)12-8-18/h5-12,21H,3-4,13-16H2,1-2H3,(H,26,30)/p+1/t24-/m1/s1. The Bertz CT molecular complexity index is 924. The molecule has 2 N–H and O–H groups in total. The molecule has 0 spiro atoms. The number of nitrogens with zero attached hydrogens (tertiary/aromatic N) is 1. The Labute approximate surface area is 176 Å². The largest absolute Gasteiger partial charge is 0.329 e. The van der Waals surface area contributed by atoms with Crippen LogP contribution in [-0.2, 0) is 23.3 Å². The van der Waals surface area contributed by atoms with Crippen LogP contribution in [0, 0.1) is 5.82 Å². The number of amides is 3. The Kier molecular flexibility index (Phi) is 5.60. The van der Waals surface area contributed by atoms with Crippen molar-refractivity contribution in [1.29, 1.82) is 0 Å². The zero-order valence-electron chi connectivity index (χ0n) is 17.6. The van der Waals surface area contributed by atoms with E-state index in [1.54, 1.807) is 19.1 Å². The number of carbonyl (C=O) groups excluding carboxylic acids is 2. The topological polar surface area (TPSA) is 53.9 Å². The van der Waals surface area contributed by atoms with Gasteiger partial charge in [0.15, 0.2) is 6.67 Å². The number of quaternary nitrogens is 1. The van der Waals surface area contributed by atoms with Crippen LogP contribution in [0.1, 0.15) is 49.8 Å². The minimum atomic E-state index is -1.05. The first-order valence-corrected chi connectivity index (χ1v) is 10.7. The second kappa shape index (κ2) is 8.19. The number of imide groups is 1. The summed E-state index contributed by atoms with van der Waals surface area (Å²) in [6.45, 7) is 4.88. The lowest BCUT2D eigenvalue weighted by Crippen LogP contribution is -3.13. The molecule has 1 saturated heterocycles. The molecule has 0 bridgehead atoms. The molecule has 1 heterocycles. The zero-order chi connectivity index (χ0) is 21.3. The van der Waals surface area contributed by atoms with Gasteiger partial charge >= 0.3 is 6.03 Å². The normalized spacial score (nSPS) is 22.3. The maximum absolute atomic E-state index is 13.3. The van der Waals surface area contributed by atoms with Crippen molar-refractivity contribution < 1.29 is 18.9 Å². The molecule has 0 radical (unpaired) electrons. The fourth-order valence-corrected chi connectivity index (χ4v) is 4.22. The van der Waals surface area contributed by atoms with Gasteiger partial charge in [0.1, 0.15) is 17.9 Å². The van der Waals surface area contributed by atoms with Crippen LogP contribution in [0.3, 0.4) is 0 Å². The van der Waals surface area contributed by atoms with Crippen molar-refractivity contribution in [3.05, 3.63) is 71.0 Å². The van der Waals surface area contributed by atoms with Gasteiger partial charge in [-0.05, 0) is 36.6 Å². The van der Waals surface area contributed by atoms with E-state index in [0.29, 0.717) is 19.3 Å². The van der Waals surface area contributed by atoms with E-state index in [1.807, 2.05) is 24.3 Å². The van der Waals surface area contributed by atoms with Gasteiger partial charge in [0.2, 0.25) is 0 Å². The molecular weight excluding hydrogens is 381 g/mol. The van der Waals surface area contributed by atoms with Crippen LogP contribution >= 0.6 is 0 Å². The summed E-state index contributed by atoms with van der Waals surface area (Å²) < 4.78 is 13.2. The fourth-order valence-electron chi connectivity index (χ4n) is 4.22. The summed E-state index contributed by atoms with van der Waals surface area (Å²) in [5.74, 6) is -0.477. The Morgan fingerprint density at radius 3 is 2.30 bits per heavy atom. The van der Waals surface area contributed by atoms with E-state index < -0.39 is 5.54 Å². The maximum Gasteiger partial charge on any atom is 0.329 e. The molecule has 2 fully saturated rings. The molecule has 1 unspecified atom stereocenters. The number of aryl methyl sites for hydroxylation is 1. The molecule has 2 aromatic rings. The number of nitrogens with one attached hydrogen (secondary N) is 2. The molecule has 4 rings (SSSR count). The summed E-state index contributed by atoms with van der Waals surface area (Å²) in [6, 6.07) is 14.5. The molecule has 1 saturated carbocycles. The van der Waals surface area contributed by atoms with Gasteiger partial charge in [-0.25, -0.2) is 14.1 Å². The smallest absolute Gasteiger partial charge is 0.319 e. The van der Waals surface area contributed by atoms with E-state index in [2.05, 4.69) is 12.2 Å². The molecule has 158 valence electrons. The highest BCUT2D eigenvalue weighted by Gasteiger charge is 2.51. The summed E-state index contributed by atoms with van der Waals surface area (Å²) in [5, 5.41) is 2.91. The second-order valence-electron chi connectivity index (χ2n) is 8.63. The SMILES string of the molecule is CCCc1ccc([C@@]2(C)NC(=O)N(C[NH+](Cc3ccc(F)cc3)C3CC3)C2=O)cc1. The van der Waals surface area contributed by atoms with Gasteiger partial charge < -0.3 is 10.2 Å².